The number of H-pyrrole nitrogens is 1. The van der Waals surface area contributed by atoms with Gasteiger partial charge in [0.05, 0.1) is 22.2 Å². The van der Waals surface area contributed by atoms with Crippen molar-refractivity contribution in [3.8, 4) is 11.3 Å². The summed E-state index contributed by atoms with van der Waals surface area (Å²) in [5.41, 5.74) is 2.99. The Morgan fingerprint density at radius 3 is 2.62 bits per heavy atom. The number of hydrogen-bond acceptors (Lipinski definition) is 5. The van der Waals surface area contributed by atoms with Crippen molar-refractivity contribution < 1.29 is 14.5 Å². The monoisotopic (exact) mass is 392 g/mol. The molecule has 0 spiro atoms. The van der Waals surface area contributed by atoms with Gasteiger partial charge < -0.3 is 9.64 Å². The Morgan fingerprint density at radius 1 is 1.17 bits per heavy atom. The molecule has 0 radical (unpaired) electrons. The first-order valence-electron chi connectivity index (χ1n) is 9.30. The zero-order chi connectivity index (χ0) is 20.4. The number of fused-ring (bicyclic) bond motifs is 1. The molecule has 1 amide bonds. The summed E-state index contributed by atoms with van der Waals surface area (Å²) >= 11 is 0. The molecule has 148 valence electrons. The van der Waals surface area contributed by atoms with Gasteiger partial charge in [-0.05, 0) is 12.5 Å². The number of nitro groups is 1. The van der Waals surface area contributed by atoms with E-state index in [9.17, 15) is 14.9 Å². The maximum Gasteiger partial charge on any atom is 0.275 e. The van der Waals surface area contributed by atoms with Gasteiger partial charge in [-0.1, -0.05) is 42.5 Å². The van der Waals surface area contributed by atoms with E-state index in [1.807, 2.05) is 30.3 Å². The predicted molar refractivity (Wildman–Crippen MR) is 106 cm³/mol. The second-order valence-corrected chi connectivity index (χ2v) is 6.79. The summed E-state index contributed by atoms with van der Waals surface area (Å²) in [5.74, 6) is -0.214. The molecule has 4 rings (SSSR count). The van der Waals surface area contributed by atoms with E-state index in [2.05, 4.69) is 10.2 Å². The fourth-order valence-electron chi connectivity index (χ4n) is 3.83. The molecule has 1 aliphatic heterocycles. The first-order valence-corrected chi connectivity index (χ1v) is 9.30. The first-order chi connectivity index (χ1) is 14.1. The summed E-state index contributed by atoms with van der Waals surface area (Å²) in [4.78, 5) is 26.1. The van der Waals surface area contributed by atoms with Crippen LogP contribution in [0.5, 0.6) is 0 Å². The van der Waals surface area contributed by atoms with Crippen LogP contribution in [0.1, 0.15) is 34.1 Å². The molecule has 2 heterocycles. The van der Waals surface area contributed by atoms with Crippen LogP contribution in [-0.4, -0.2) is 46.2 Å². The topological polar surface area (TPSA) is 101 Å². The number of para-hydroxylation sites is 1. The zero-order valence-electron chi connectivity index (χ0n) is 15.9. The van der Waals surface area contributed by atoms with Gasteiger partial charge in [0.15, 0.2) is 0 Å². The largest absolute Gasteiger partial charge is 0.385 e. The average molecular weight is 392 g/mol. The van der Waals surface area contributed by atoms with Crippen molar-refractivity contribution in [2.45, 2.75) is 12.5 Å². The third kappa shape index (κ3) is 3.27. The Kier molecular flexibility index (Phi) is 5.09. The van der Waals surface area contributed by atoms with Crippen LogP contribution in [0.2, 0.25) is 0 Å². The van der Waals surface area contributed by atoms with Gasteiger partial charge in [0, 0.05) is 37.5 Å². The van der Waals surface area contributed by atoms with Crippen LogP contribution in [0, 0.1) is 10.1 Å². The fourth-order valence-corrected chi connectivity index (χ4v) is 3.83. The Balaban J connectivity index is 1.88. The van der Waals surface area contributed by atoms with Gasteiger partial charge >= 0.3 is 0 Å². The van der Waals surface area contributed by atoms with Crippen LogP contribution in [0.4, 0.5) is 5.69 Å². The van der Waals surface area contributed by atoms with E-state index < -0.39 is 11.0 Å². The van der Waals surface area contributed by atoms with E-state index in [0.29, 0.717) is 42.1 Å². The van der Waals surface area contributed by atoms with Crippen molar-refractivity contribution in [2.75, 3.05) is 20.3 Å². The molecule has 0 aliphatic carbocycles. The number of rotatable bonds is 7. The lowest BCUT2D eigenvalue weighted by Crippen LogP contribution is -2.31. The van der Waals surface area contributed by atoms with Gasteiger partial charge in [0.1, 0.15) is 5.69 Å². The highest BCUT2D eigenvalue weighted by Gasteiger charge is 2.44. The maximum atomic E-state index is 13.1. The summed E-state index contributed by atoms with van der Waals surface area (Å²) in [6, 6.07) is 15.5. The van der Waals surface area contributed by atoms with E-state index in [4.69, 9.17) is 4.74 Å². The highest BCUT2D eigenvalue weighted by atomic mass is 16.6. The summed E-state index contributed by atoms with van der Waals surface area (Å²) in [6.45, 7) is 0.908. The number of benzene rings is 2. The molecule has 1 aromatic heterocycles. The smallest absolute Gasteiger partial charge is 0.275 e. The first kappa shape index (κ1) is 18.8. The van der Waals surface area contributed by atoms with Crippen LogP contribution < -0.4 is 0 Å². The Hall–Kier alpha value is -3.52. The van der Waals surface area contributed by atoms with Crippen molar-refractivity contribution in [1.82, 2.24) is 15.1 Å². The molecule has 2 aromatic carbocycles. The lowest BCUT2D eigenvalue weighted by molar-refractivity contribution is -0.385. The van der Waals surface area contributed by atoms with Crippen molar-refractivity contribution in [2.24, 2.45) is 0 Å². The number of nitro benzene ring substituents is 1. The number of nitrogens with zero attached hydrogens (tertiary/aromatic N) is 3. The Morgan fingerprint density at radius 2 is 1.90 bits per heavy atom. The van der Waals surface area contributed by atoms with E-state index >= 15 is 0 Å². The molecule has 0 bridgehead atoms. The van der Waals surface area contributed by atoms with Gasteiger partial charge in [-0.15, -0.1) is 0 Å². The third-order valence-electron chi connectivity index (χ3n) is 5.09. The minimum absolute atomic E-state index is 0.0184. The quantitative estimate of drug-likeness (QED) is 0.376. The number of aromatic amines is 1. The minimum Gasteiger partial charge on any atom is -0.385 e. The number of aromatic nitrogens is 2. The molecule has 29 heavy (non-hydrogen) atoms. The summed E-state index contributed by atoms with van der Waals surface area (Å²) in [7, 11) is 1.60. The maximum absolute atomic E-state index is 13.1. The van der Waals surface area contributed by atoms with Gasteiger partial charge in [-0.25, -0.2) is 0 Å². The Labute approximate surface area is 167 Å². The second-order valence-electron chi connectivity index (χ2n) is 6.79. The van der Waals surface area contributed by atoms with Gasteiger partial charge in [-0.2, -0.15) is 5.10 Å². The van der Waals surface area contributed by atoms with Crippen molar-refractivity contribution in [3.63, 3.8) is 0 Å². The molecule has 1 unspecified atom stereocenters. The van der Waals surface area contributed by atoms with Gasteiger partial charge in [0.2, 0.25) is 0 Å². The van der Waals surface area contributed by atoms with Crippen molar-refractivity contribution in [3.05, 3.63) is 81.5 Å². The number of nitrogens with one attached hydrogen (secondary N) is 1. The molecule has 1 N–H and O–H groups in total. The predicted octanol–water partition coefficient (Wildman–Crippen LogP) is 3.57. The third-order valence-corrected chi connectivity index (χ3v) is 5.09. The molecule has 1 atom stereocenters. The van der Waals surface area contributed by atoms with Gasteiger partial charge in [-0.3, -0.25) is 20.0 Å². The summed E-state index contributed by atoms with van der Waals surface area (Å²) in [5, 5.41) is 18.9. The fraction of sp³-hybridized carbons (Fsp3) is 0.238. The van der Waals surface area contributed by atoms with Crippen LogP contribution >= 0.6 is 0 Å². The summed E-state index contributed by atoms with van der Waals surface area (Å²) in [6.07, 6.45) is 0.623. The molecular weight excluding hydrogens is 372 g/mol. The van der Waals surface area contributed by atoms with E-state index in [1.165, 1.54) is 6.07 Å². The summed E-state index contributed by atoms with van der Waals surface area (Å²) < 4.78 is 5.13. The standard InChI is InChI=1S/C21H20N4O4/c1-29-13-7-12-24-20(15-10-5-6-11-16(15)25(27)28)17-18(14-8-3-2-4-9-14)22-23-19(17)21(24)26/h2-6,8-11,20H,7,12-13H2,1H3,(H,22,23). The zero-order valence-corrected chi connectivity index (χ0v) is 15.9. The van der Waals surface area contributed by atoms with Gasteiger partial charge in [0.25, 0.3) is 11.6 Å². The lowest BCUT2D eigenvalue weighted by Gasteiger charge is -2.26. The number of ether oxygens (including phenoxy) is 1. The lowest BCUT2D eigenvalue weighted by atomic mass is 9.95. The van der Waals surface area contributed by atoms with Crippen LogP contribution in [0.25, 0.3) is 11.3 Å². The minimum atomic E-state index is -0.593. The Bertz CT molecular complexity index is 1050. The number of amides is 1. The molecule has 8 heteroatoms. The number of methoxy groups -OCH3 is 1. The van der Waals surface area contributed by atoms with E-state index in [1.54, 1.807) is 30.2 Å². The normalized spacial score (nSPS) is 15.6. The average Bonchev–Trinajstić information content (AvgIpc) is 3.28. The highest BCUT2D eigenvalue weighted by molar-refractivity contribution is 6.00. The number of hydrogen-bond donors (Lipinski definition) is 1. The molecule has 3 aromatic rings. The van der Waals surface area contributed by atoms with Crippen molar-refractivity contribution in [1.29, 1.82) is 0 Å². The van der Waals surface area contributed by atoms with Crippen LogP contribution in [0.15, 0.2) is 54.6 Å². The molecule has 0 saturated heterocycles. The van der Waals surface area contributed by atoms with Crippen LogP contribution in [0.3, 0.4) is 0 Å². The van der Waals surface area contributed by atoms with Crippen LogP contribution in [-0.2, 0) is 4.74 Å². The van der Waals surface area contributed by atoms with Crippen molar-refractivity contribution >= 4 is 11.6 Å². The second kappa shape index (κ2) is 7.84. The SMILES string of the molecule is COCCCN1C(=O)c2[nH]nc(-c3ccccc3)c2C1c1ccccc1[N+](=O)[O-]. The highest BCUT2D eigenvalue weighted by Crippen LogP contribution is 2.45. The van der Waals surface area contributed by atoms with E-state index in [-0.39, 0.29) is 11.6 Å². The molecule has 8 nitrogen and oxygen atoms in total. The molecular formula is C21H20N4O4. The number of carbonyl (C=O) groups is 1. The van der Waals surface area contributed by atoms with E-state index in [0.717, 1.165) is 5.56 Å². The molecule has 0 saturated carbocycles. The number of carbonyl (C=O) groups excluding carboxylic acids is 1. The molecule has 1 aliphatic rings. The molecule has 0 fully saturated rings.